The van der Waals surface area contributed by atoms with Gasteiger partial charge in [-0.2, -0.15) is 0 Å². The standard InChI is InChI=1S/C12H10BrN3O/c13-10-4-2-9(3-5-10)8-11(17)16-12-14-6-1-7-15-12/h1-7H,8H2,(H,14,15,16,17). The van der Waals surface area contributed by atoms with Gasteiger partial charge in [-0.05, 0) is 23.8 Å². The first kappa shape index (κ1) is 11.7. The molecule has 5 heteroatoms. The van der Waals surface area contributed by atoms with E-state index in [1.807, 2.05) is 24.3 Å². The summed E-state index contributed by atoms with van der Waals surface area (Å²) in [5.41, 5.74) is 0.946. The number of nitrogens with zero attached hydrogens (tertiary/aromatic N) is 2. The maximum Gasteiger partial charge on any atom is 0.231 e. The molecule has 86 valence electrons. The normalized spacial score (nSPS) is 9.94. The molecule has 0 aliphatic heterocycles. The second kappa shape index (κ2) is 5.54. The number of amides is 1. The number of benzene rings is 1. The summed E-state index contributed by atoms with van der Waals surface area (Å²) in [6, 6.07) is 9.30. The van der Waals surface area contributed by atoms with Gasteiger partial charge in [0.1, 0.15) is 0 Å². The van der Waals surface area contributed by atoms with Crippen molar-refractivity contribution in [3.8, 4) is 0 Å². The lowest BCUT2D eigenvalue weighted by Crippen LogP contribution is -2.16. The molecule has 1 aromatic carbocycles. The molecule has 0 bridgehead atoms. The quantitative estimate of drug-likeness (QED) is 0.945. The summed E-state index contributed by atoms with van der Waals surface area (Å²) in [4.78, 5) is 19.5. The number of carbonyl (C=O) groups excluding carboxylic acids is 1. The molecule has 1 heterocycles. The van der Waals surface area contributed by atoms with Crippen molar-refractivity contribution in [2.45, 2.75) is 6.42 Å². The zero-order chi connectivity index (χ0) is 12.1. The molecule has 0 spiro atoms. The minimum absolute atomic E-state index is 0.126. The highest BCUT2D eigenvalue weighted by Crippen LogP contribution is 2.11. The summed E-state index contributed by atoms with van der Waals surface area (Å²) < 4.78 is 0.994. The molecule has 17 heavy (non-hydrogen) atoms. The van der Waals surface area contributed by atoms with Crippen molar-refractivity contribution in [3.63, 3.8) is 0 Å². The first-order chi connectivity index (χ1) is 8.24. The summed E-state index contributed by atoms with van der Waals surface area (Å²) >= 11 is 3.34. The Kier molecular flexibility index (Phi) is 3.82. The van der Waals surface area contributed by atoms with Crippen molar-refractivity contribution in [3.05, 3.63) is 52.8 Å². The van der Waals surface area contributed by atoms with E-state index in [-0.39, 0.29) is 5.91 Å². The number of halogens is 1. The van der Waals surface area contributed by atoms with E-state index >= 15 is 0 Å². The minimum atomic E-state index is -0.126. The molecule has 0 aliphatic carbocycles. The second-order valence-electron chi connectivity index (χ2n) is 3.42. The van der Waals surface area contributed by atoms with Crippen LogP contribution in [0.2, 0.25) is 0 Å². The topological polar surface area (TPSA) is 54.9 Å². The zero-order valence-corrected chi connectivity index (χ0v) is 10.5. The van der Waals surface area contributed by atoms with Crippen LogP contribution in [0.5, 0.6) is 0 Å². The van der Waals surface area contributed by atoms with E-state index in [4.69, 9.17) is 0 Å². The lowest BCUT2D eigenvalue weighted by atomic mass is 10.1. The molecule has 0 unspecified atom stereocenters. The van der Waals surface area contributed by atoms with Crippen LogP contribution in [0.15, 0.2) is 47.2 Å². The highest BCUT2D eigenvalue weighted by molar-refractivity contribution is 9.10. The van der Waals surface area contributed by atoms with Crippen LogP contribution in [0.3, 0.4) is 0 Å². The van der Waals surface area contributed by atoms with Crippen LogP contribution in [0.25, 0.3) is 0 Å². The number of nitrogens with one attached hydrogen (secondary N) is 1. The Labute approximate surface area is 107 Å². The average Bonchev–Trinajstić information content (AvgIpc) is 2.33. The summed E-state index contributed by atoms with van der Waals surface area (Å²) in [7, 11) is 0. The summed E-state index contributed by atoms with van der Waals surface area (Å²) in [5.74, 6) is 0.202. The Balaban J connectivity index is 1.96. The molecule has 0 atom stereocenters. The van der Waals surface area contributed by atoms with E-state index in [0.29, 0.717) is 12.4 Å². The summed E-state index contributed by atoms with van der Waals surface area (Å²) in [5, 5.41) is 2.63. The predicted molar refractivity (Wildman–Crippen MR) is 68.5 cm³/mol. The van der Waals surface area contributed by atoms with Gasteiger partial charge < -0.3 is 0 Å². The van der Waals surface area contributed by atoms with Crippen molar-refractivity contribution in [1.82, 2.24) is 9.97 Å². The molecular formula is C12H10BrN3O. The first-order valence-electron chi connectivity index (χ1n) is 5.05. The lowest BCUT2D eigenvalue weighted by Gasteiger charge is -2.03. The molecule has 0 radical (unpaired) electrons. The molecule has 0 fully saturated rings. The lowest BCUT2D eigenvalue weighted by molar-refractivity contribution is -0.115. The third-order valence-corrected chi connectivity index (χ3v) is 2.62. The van der Waals surface area contributed by atoms with Gasteiger partial charge in [0.15, 0.2) is 0 Å². The third-order valence-electron chi connectivity index (χ3n) is 2.09. The van der Waals surface area contributed by atoms with Gasteiger partial charge in [-0.25, -0.2) is 9.97 Å². The van der Waals surface area contributed by atoms with Crippen LogP contribution in [-0.4, -0.2) is 15.9 Å². The van der Waals surface area contributed by atoms with Crippen molar-refractivity contribution < 1.29 is 4.79 Å². The van der Waals surface area contributed by atoms with Crippen LogP contribution < -0.4 is 5.32 Å². The molecular weight excluding hydrogens is 282 g/mol. The molecule has 1 N–H and O–H groups in total. The van der Waals surface area contributed by atoms with Gasteiger partial charge in [0, 0.05) is 16.9 Å². The van der Waals surface area contributed by atoms with E-state index in [0.717, 1.165) is 10.0 Å². The maximum atomic E-state index is 11.7. The van der Waals surface area contributed by atoms with Crippen molar-refractivity contribution in [1.29, 1.82) is 0 Å². The van der Waals surface area contributed by atoms with Crippen LogP contribution in [-0.2, 0) is 11.2 Å². The molecule has 2 rings (SSSR count). The molecule has 0 saturated heterocycles. The van der Waals surface area contributed by atoms with E-state index in [1.165, 1.54) is 0 Å². The molecule has 4 nitrogen and oxygen atoms in total. The number of anilines is 1. The van der Waals surface area contributed by atoms with Gasteiger partial charge in [0.05, 0.1) is 6.42 Å². The number of hydrogen-bond acceptors (Lipinski definition) is 3. The van der Waals surface area contributed by atoms with E-state index in [2.05, 4.69) is 31.2 Å². The Morgan fingerprint density at radius 3 is 2.47 bits per heavy atom. The summed E-state index contributed by atoms with van der Waals surface area (Å²) in [6.07, 6.45) is 3.48. The van der Waals surface area contributed by atoms with Gasteiger partial charge >= 0.3 is 0 Å². The van der Waals surface area contributed by atoms with Crippen LogP contribution in [0, 0.1) is 0 Å². The Morgan fingerprint density at radius 1 is 1.18 bits per heavy atom. The van der Waals surface area contributed by atoms with Gasteiger partial charge in [0.25, 0.3) is 0 Å². The van der Waals surface area contributed by atoms with Crippen molar-refractivity contribution >= 4 is 27.8 Å². The van der Waals surface area contributed by atoms with Gasteiger partial charge in [0.2, 0.25) is 11.9 Å². The summed E-state index contributed by atoms with van der Waals surface area (Å²) in [6.45, 7) is 0. The Morgan fingerprint density at radius 2 is 1.82 bits per heavy atom. The van der Waals surface area contributed by atoms with E-state index in [1.54, 1.807) is 18.5 Å². The molecule has 1 aromatic heterocycles. The number of rotatable bonds is 3. The van der Waals surface area contributed by atoms with Gasteiger partial charge in [-0.1, -0.05) is 28.1 Å². The Bertz CT molecular complexity index is 499. The number of aromatic nitrogens is 2. The fourth-order valence-electron chi connectivity index (χ4n) is 1.32. The molecule has 0 aliphatic rings. The highest BCUT2D eigenvalue weighted by atomic mass is 79.9. The smallest absolute Gasteiger partial charge is 0.231 e. The SMILES string of the molecule is O=C(Cc1ccc(Br)cc1)Nc1ncccn1. The fraction of sp³-hybridized carbons (Fsp3) is 0.0833. The van der Waals surface area contributed by atoms with Crippen molar-refractivity contribution in [2.75, 3.05) is 5.32 Å². The van der Waals surface area contributed by atoms with Crippen LogP contribution in [0.4, 0.5) is 5.95 Å². The average molecular weight is 292 g/mol. The number of hydrogen-bond donors (Lipinski definition) is 1. The largest absolute Gasteiger partial charge is 0.294 e. The van der Waals surface area contributed by atoms with Gasteiger partial charge in [-0.3, -0.25) is 10.1 Å². The molecule has 1 amide bonds. The van der Waals surface area contributed by atoms with E-state index < -0.39 is 0 Å². The van der Waals surface area contributed by atoms with E-state index in [9.17, 15) is 4.79 Å². The van der Waals surface area contributed by atoms with Crippen LogP contribution in [0.1, 0.15) is 5.56 Å². The fourth-order valence-corrected chi connectivity index (χ4v) is 1.58. The minimum Gasteiger partial charge on any atom is -0.294 e. The van der Waals surface area contributed by atoms with Crippen LogP contribution >= 0.6 is 15.9 Å². The Hall–Kier alpha value is -1.75. The zero-order valence-electron chi connectivity index (χ0n) is 8.93. The highest BCUT2D eigenvalue weighted by Gasteiger charge is 2.04. The molecule has 2 aromatic rings. The maximum absolute atomic E-state index is 11.7. The van der Waals surface area contributed by atoms with Crippen molar-refractivity contribution in [2.24, 2.45) is 0 Å². The molecule has 0 saturated carbocycles. The monoisotopic (exact) mass is 291 g/mol. The van der Waals surface area contributed by atoms with Gasteiger partial charge in [-0.15, -0.1) is 0 Å². The third kappa shape index (κ3) is 3.64. The first-order valence-corrected chi connectivity index (χ1v) is 5.84. The second-order valence-corrected chi connectivity index (χ2v) is 4.34. The number of carbonyl (C=O) groups is 1. The predicted octanol–water partition coefficient (Wildman–Crippen LogP) is 2.42.